The van der Waals surface area contributed by atoms with E-state index in [1.54, 1.807) is 6.92 Å². The van der Waals surface area contributed by atoms with Crippen LogP contribution in [0.1, 0.15) is 33.1 Å². The van der Waals surface area contributed by atoms with Crippen molar-refractivity contribution in [3.05, 3.63) is 0 Å². The first kappa shape index (κ1) is 10.6. The molecule has 1 aliphatic heterocycles. The van der Waals surface area contributed by atoms with Gasteiger partial charge in [-0.25, -0.2) is 0 Å². The fourth-order valence-corrected chi connectivity index (χ4v) is 2.50. The first-order valence-electron chi connectivity index (χ1n) is 5.56. The summed E-state index contributed by atoms with van der Waals surface area (Å²) in [5, 5.41) is 3.36. The topological polar surface area (TPSA) is 55.4 Å². The second kappa shape index (κ2) is 3.59. The second-order valence-electron chi connectivity index (χ2n) is 4.56. The highest BCUT2D eigenvalue weighted by molar-refractivity contribution is 6.02. The predicted molar refractivity (Wildman–Crippen MR) is 54.3 cm³/mol. The third-order valence-electron chi connectivity index (χ3n) is 3.23. The number of Topliss-reactive ketones (excluding diaryl/α,β-unsaturated/α-hetero) is 1. The molecule has 0 radical (unpaired) electrons. The van der Waals surface area contributed by atoms with Crippen LogP contribution in [0.2, 0.25) is 0 Å². The number of hydrogen-bond donors (Lipinski definition) is 1. The van der Waals surface area contributed by atoms with Crippen LogP contribution in [0.3, 0.4) is 0 Å². The molecule has 1 saturated carbocycles. The number of esters is 1. The van der Waals surface area contributed by atoms with Gasteiger partial charge in [0.2, 0.25) is 0 Å². The molecule has 15 heavy (non-hydrogen) atoms. The molecule has 2 fully saturated rings. The highest BCUT2D eigenvalue weighted by atomic mass is 16.5. The summed E-state index contributed by atoms with van der Waals surface area (Å²) in [4.78, 5) is 23.5. The molecule has 1 unspecified atom stereocenters. The van der Waals surface area contributed by atoms with Crippen LogP contribution in [0.4, 0.5) is 0 Å². The third-order valence-corrected chi connectivity index (χ3v) is 3.23. The zero-order valence-electron chi connectivity index (χ0n) is 9.21. The molecular formula is C11H17NO3. The van der Waals surface area contributed by atoms with E-state index in [9.17, 15) is 9.59 Å². The number of carbonyl (C=O) groups excluding carboxylic acids is 2. The minimum Gasteiger partial charge on any atom is -0.465 e. The summed E-state index contributed by atoms with van der Waals surface area (Å²) in [5.74, 6) is -0.870. The molecule has 1 N–H and O–H groups in total. The second-order valence-corrected chi connectivity index (χ2v) is 4.56. The van der Waals surface area contributed by atoms with E-state index in [1.165, 1.54) is 0 Å². The predicted octanol–water partition coefficient (Wildman–Crippen LogP) is 0.649. The lowest BCUT2D eigenvalue weighted by Gasteiger charge is -2.34. The third kappa shape index (κ3) is 1.78. The maximum atomic E-state index is 11.8. The monoisotopic (exact) mass is 211 g/mol. The van der Waals surface area contributed by atoms with Crippen LogP contribution in [0.15, 0.2) is 0 Å². The van der Waals surface area contributed by atoms with Crippen LogP contribution < -0.4 is 5.32 Å². The van der Waals surface area contributed by atoms with Crippen LogP contribution in [-0.4, -0.2) is 29.9 Å². The molecule has 0 aromatic rings. The van der Waals surface area contributed by atoms with E-state index in [0.29, 0.717) is 13.0 Å². The normalized spacial score (nSPS) is 32.8. The highest BCUT2D eigenvalue weighted by Crippen LogP contribution is 2.46. The summed E-state index contributed by atoms with van der Waals surface area (Å²) in [5.41, 5.74) is -0.263. The molecule has 1 saturated heterocycles. The Balaban J connectivity index is 2.14. The van der Waals surface area contributed by atoms with Crippen molar-refractivity contribution in [2.24, 2.45) is 5.92 Å². The average Bonchev–Trinajstić information content (AvgIpc) is 2.83. The lowest BCUT2D eigenvalue weighted by atomic mass is 9.84. The van der Waals surface area contributed by atoms with E-state index in [2.05, 4.69) is 5.32 Å². The van der Waals surface area contributed by atoms with Gasteiger partial charge in [0.05, 0.1) is 6.61 Å². The number of ether oxygens (including phenoxy) is 1. The van der Waals surface area contributed by atoms with Crippen molar-refractivity contribution in [2.45, 2.75) is 44.7 Å². The molecule has 1 aliphatic carbocycles. The van der Waals surface area contributed by atoms with Crippen molar-refractivity contribution in [3.63, 3.8) is 0 Å². The smallest absolute Gasteiger partial charge is 0.318 e. The summed E-state index contributed by atoms with van der Waals surface area (Å²) in [6, 6.07) is 0.186. The fraction of sp³-hybridized carbons (Fsp3) is 0.818. The first-order valence-corrected chi connectivity index (χ1v) is 5.56. The Hall–Kier alpha value is -0.900. The Morgan fingerprint density at radius 1 is 1.60 bits per heavy atom. The van der Waals surface area contributed by atoms with Gasteiger partial charge in [0.1, 0.15) is 5.92 Å². The Bertz CT molecular complexity index is 288. The quantitative estimate of drug-likeness (QED) is 0.538. The van der Waals surface area contributed by atoms with E-state index in [4.69, 9.17) is 4.74 Å². The van der Waals surface area contributed by atoms with E-state index >= 15 is 0 Å². The van der Waals surface area contributed by atoms with Crippen molar-refractivity contribution in [3.8, 4) is 0 Å². The molecule has 2 aliphatic rings. The Morgan fingerprint density at radius 2 is 2.27 bits per heavy atom. The van der Waals surface area contributed by atoms with Gasteiger partial charge in [0.25, 0.3) is 0 Å². The summed E-state index contributed by atoms with van der Waals surface area (Å²) in [7, 11) is 0. The largest absolute Gasteiger partial charge is 0.465 e. The molecule has 0 amide bonds. The summed E-state index contributed by atoms with van der Waals surface area (Å²) >= 11 is 0. The average molecular weight is 211 g/mol. The van der Waals surface area contributed by atoms with Crippen molar-refractivity contribution in [2.75, 3.05) is 6.61 Å². The van der Waals surface area contributed by atoms with Crippen molar-refractivity contribution >= 4 is 11.8 Å². The highest BCUT2D eigenvalue weighted by Gasteiger charge is 2.58. The lowest BCUT2D eigenvalue weighted by molar-refractivity contribution is -0.155. The van der Waals surface area contributed by atoms with Crippen molar-refractivity contribution < 1.29 is 14.3 Å². The molecule has 84 valence electrons. The fourth-order valence-electron chi connectivity index (χ4n) is 2.50. The molecule has 0 aromatic carbocycles. The molecule has 2 atom stereocenters. The Kier molecular flexibility index (Phi) is 2.54. The summed E-state index contributed by atoms with van der Waals surface area (Å²) < 4.78 is 4.96. The number of ketones is 1. The van der Waals surface area contributed by atoms with Crippen molar-refractivity contribution in [1.82, 2.24) is 5.32 Å². The van der Waals surface area contributed by atoms with E-state index in [0.717, 1.165) is 12.8 Å². The maximum Gasteiger partial charge on any atom is 0.318 e. The van der Waals surface area contributed by atoms with Gasteiger partial charge < -0.3 is 10.1 Å². The van der Waals surface area contributed by atoms with Crippen LogP contribution in [0.25, 0.3) is 0 Å². The van der Waals surface area contributed by atoms with Gasteiger partial charge in [-0.1, -0.05) is 0 Å². The Labute approximate surface area is 89.4 Å². The molecule has 4 heteroatoms. The molecule has 1 spiro atoms. The molecule has 0 aromatic heterocycles. The van der Waals surface area contributed by atoms with Crippen LogP contribution in [-0.2, 0) is 14.3 Å². The molecule has 4 nitrogen and oxygen atoms in total. The number of carbonyl (C=O) groups is 2. The van der Waals surface area contributed by atoms with E-state index in [1.807, 2.05) is 6.92 Å². The zero-order valence-corrected chi connectivity index (χ0v) is 9.21. The van der Waals surface area contributed by atoms with Crippen LogP contribution >= 0.6 is 0 Å². The molecule has 2 rings (SSSR count). The van der Waals surface area contributed by atoms with Gasteiger partial charge in [0.15, 0.2) is 5.78 Å². The van der Waals surface area contributed by atoms with Crippen LogP contribution in [0.5, 0.6) is 0 Å². The minimum absolute atomic E-state index is 0.0391. The summed E-state index contributed by atoms with van der Waals surface area (Å²) in [6.45, 7) is 4.09. The standard InChI is InChI=1S/C11H17NO3/c1-3-15-10(14)9-8(13)6-7(2)12-11(9)4-5-11/h7,9,12H,3-6H2,1-2H3/t7-,9?/m0/s1. The number of hydrogen-bond acceptors (Lipinski definition) is 4. The molecular weight excluding hydrogens is 194 g/mol. The summed E-state index contributed by atoms with van der Waals surface area (Å²) in [6.07, 6.45) is 2.25. The molecule has 1 heterocycles. The minimum atomic E-state index is -0.561. The number of piperidine rings is 1. The molecule has 0 bridgehead atoms. The van der Waals surface area contributed by atoms with Crippen LogP contribution in [0, 0.1) is 5.92 Å². The zero-order chi connectivity index (χ0) is 11.1. The number of rotatable bonds is 2. The first-order chi connectivity index (χ1) is 7.09. The van der Waals surface area contributed by atoms with Gasteiger partial charge >= 0.3 is 5.97 Å². The van der Waals surface area contributed by atoms with Gasteiger partial charge in [-0.3, -0.25) is 9.59 Å². The maximum absolute atomic E-state index is 11.8. The van der Waals surface area contributed by atoms with Crippen molar-refractivity contribution in [1.29, 1.82) is 0 Å². The van der Waals surface area contributed by atoms with Gasteiger partial charge in [0, 0.05) is 18.0 Å². The van der Waals surface area contributed by atoms with Gasteiger partial charge in [-0.15, -0.1) is 0 Å². The SMILES string of the molecule is CCOC(=O)C1C(=O)C[C@H](C)NC12CC2. The van der Waals surface area contributed by atoms with Gasteiger partial charge in [-0.05, 0) is 26.7 Å². The lowest BCUT2D eigenvalue weighted by Crippen LogP contribution is -2.56. The Morgan fingerprint density at radius 3 is 2.80 bits per heavy atom. The van der Waals surface area contributed by atoms with E-state index in [-0.39, 0.29) is 23.3 Å². The van der Waals surface area contributed by atoms with E-state index < -0.39 is 5.92 Å². The van der Waals surface area contributed by atoms with Gasteiger partial charge in [-0.2, -0.15) is 0 Å². The number of nitrogens with one attached hydrogen (secondary N) is 1.